The Bertz CT molecular complexity index is 831. The van der Waals surface area contributed by atoms with Gasteiger partial charge in [-0.15, -0.1) is 0 Å². The van der Waals surface area contributed by atoms with Gasteiger partial charge in [0.25, 0.3) is 0 Å². The summed E-state index contributed by atoms with van der Waals surface area (Å²) < 4.78 is 7.74. The molecule has 1 N–H and O–H groups in total. The molecule has 0 bridgehead atoms. The van der Waals surface area contributed by atoms with Crippen LogP contribution in [0.5, 0.6) is 5.75 Å². The summed E-state index contributed by atoms with van der Waals surface area (Å²) in [5.74, 6) is 1.28. The van der Waals surface area contributed by atoms with Gasteiger partial charge >= 0.3 is 0 Å². The molecule has 1 aromatic heterocycles. The van der Waals surface area contributed by atoms with Crippen LogP contribution < -0.4 is 4.74 Å². The van der Waals surface area contributed by atoms with Crippen LogP contribution in [0.4, 0.5) is 0 Å². The number of fused-ring (bicyclic) bond motifs is 1. The maximum absolute atomic E-state index is 9.74. The number of hydrogen-bond acceptors (Lipinski definition) is 3. The number of aliphatic hydroxyl groups excluding tert-OH is 1. The largest absolute Gasteiger partial charge is 0.484 e. The van der Waals surface area contributed by atoms with E-state index in [1.165, 1.54) is 0 Å². The molecule has 1 atom stereocenters. The van der Waals surface area contributed by atoms with Crippen LogP contribution in [0.15, 0.2) is 42.5 Å². The molecule has 0 aliphatic carbocycles. The Hall–Kier alpha value is -1.75. The van der Waals surface area contributed by atoms with Crippen LogP contribution in [0, 0.1) is 0 Å². The Kier molecular flexibility index (Phi) is 4.76. The summed E-state index contributed by atoms with van der Waals surface area (Å²) in [5, 5.41) is 10.8. The maximum Gasteiger partial charge on any atom is 0.148 e. The summed E-state index contributed by atoms with van der Waals surface area (Å²) in [7, 11) is 0. The van der Waals surface area contributed by atoms with Gasteiger partial charge in [-0.3, -0.25) is 0 Å². The lowest BCUT2D eigenvalue weighted by molar-refractivity contribution is 0.171. The van der Waals surface area contributed by atoms with Crippen LogP contribution >= 0.6 is 23.2 Å². The zero-order valence-electron chi connectivity index (χ0n) is 12.5. The van der Waals surface area contributed by atoms with Crippen LogP contribution in [0.2, 0.25) is 10.0 Å². The number of aliphatic hydroxyl groups is 1. The molecule has 1 heterocycles. The van der Waals surface area contributed by atoms with E-state index >= 15 is 0 Å². The molecule has 1 unspecified atom stereocenters. The van der Waals surface area contributed by atoms with E-state index in [0.29, 0.717) is 22.3 Å². The van der Waals surface area contributed by atoms with E-state index in [9.17, 15) is 5.11 Å². The first-order valence-electron chi connectivity index (χ1n) is 7.24. The summed E-state index contributed by atoms with van der Waals surface area (Å²) in [6, 6.07) is 12.9. The first-order valence-corrected chi connectivity index (χ1v) is 8.00. The smallest absolute Gasteiger partial charge is 0.148 e. The summed E-state index contributed by atoms with van der Waals surface area (Å²) >= 11 is 12.0. The highest BCUT2D eigenvalue weighted by atomic mass is 35.5. The molecule has 3 aromatic rings. The number of hydrogen-bond donors (Lipinski definition) is 1. The fourth-order valence-corrected chi connectivity index (χ4v) is 2.90. The van der Waals surface area contributed by atoms with Crippen molar-refractivity contribution in [3.8, 4) is 5.75 Å². The molecule has 23 heavy (non-hydrogen) atoms. The number of imidazole rings is 1. The van der Waals surface area contributed by atoms with Crippen molar-refractivity contribution in [1.29, 1.82) is 0 Å². The Labute approximate surface area is 144 Å². The van der Waals surface area contributed by atoms with Gasteiger partial charge in [0, 0.05) is 5.02 Å². The van der Waals surface area contributed by atoms with Crippen molar-refractivity contribution in [1.82, 2.24) is 9.55 Å². The molecule has 0 radical (unpaired) electrons. The minimum absolute atomic E-state index is 0.253. The standard InChI is InChI=1S/C17H16Cl2N2O2/c1-11(22)9-21-15-5-3-2-4-14(15)20-17(21)10-23-16-7-6-12(18)8-13(16)19/h2-8,11,22H,9-10H2,1H3. The predicted octanol–water partition coefficient (Wildman–Crippen LogP) is 4.30. The van der Waals surface area contributed by atoms with Crippen LogP contribution in [-0.4, -0.2) is 20.8 Å². The first-order chi connectivity index (χ1) is 11.0. The lowest BCUT2D eigenvalue weighted by atomic mass is 10.3. The van der Waals surface area contributed by atoms with E-state index in [4.69, 9.17) is 27.9 Å². The van der Waals surface area contributed by atoms with Gasteiger partial charge in [-0.25, -0.2) is 4.98 Å². The molecule has 0 aliphatic heterocycles. The number of aromatic nitrogens is 2. The zero-order valence-corrected chi connectivity index (χ0v) is 14.1. The Morgan fingerprint density at radius 1 is 1.22 bits per heavy atom. The molecule has 0 saturated heterocycles. The second-order valence-electron chi connectivity index (χ2n) is 5.34. The summed E-state index contributed by atoms with van der Waals surface area (Å²) in [4.78, 5) is 4.59. The van der Waals surface area contributed by atoms with E-state index < -0.39 is 6.10 Å². The van der Waals surface area contributed by atoms with Gasteiger partial charge in [-0.05, 0) is 37.3 Å². The van der Waals surface area contributed by atoms with Gasteiger partial charge in [0.05, 0.1) is 28.7 Å². The Morgan fingerprint density at radius 2 is 2.00 bits per heavy atom. The lowest BCUT2D eigenvalue weighted by Gasteiger charge is -2.12. The molecule has 0 saturated carbocycles. The second-order valence-corrected chi connectivity index (χ2v) is 6.18. The third-order valence-corrected chi connectivity index (χ3v) is 3.96. The molecule has 0 fully saturated rings. The molecule has 4 nitrogen and oxygen atoms in total. The normalized spacial score (nSPS) is 12.5. The maximum atomic E-state index is 9.74. The molecule has 6 heteroatoms. The average molecular weight is 351 g/mol. The van der Waals surface area contributed by atoms with Crippen molar-refractivity contribution in [2.24, 2.45) is 0 Å². The van der Waals surface area contributed by atoms with Crippen molar-refractivity contribution in [2.75, 3.05) is 0 Å². The quantitative estimate of drug-likeness (QED) is 0.745. The van der Waals surface area contributed by atoms with Crippen LogP contribution in [-0.2, 0) is 13.2 Å². The van der Waals surface area contributed by atoms with E-state index in [1.807, 2.05) is 28.8 Å². The van der Waals surface area contributed by atoms with Gasteiger partial charge in [-0.2, -0.15) is 0 Å². The van der Waals surface area contributed by atoms with E-state index in [1.54, 1.807) is 25.1 Å². The number of rotatable bonds is 5. The van der Waals surface area contributed by atoms with Gasteiger partial charge in [0.2, 0.25) is 0 Å². The van der Waals surface area contributed by atoms with Crippen molar-refractivity contribution in [3.05, 3.63) is 58.3 Å². The van der Waals surface area contributed by atoms with Crippen LogP contribution in [0.1, 0.15) is 12.7 Å². The highest BCUT2D eigenvalue weighted by Gasteiger charge is 2.13. The number of nitrogens with zero attached hydrogens (tertiary/aromatic N) is 2. The van der Waals surface area contributed by atoms with Crippen molar-refractivity contribution in [3.63, 3.8) is 0 Å². The summed E-state index contributed by atoms with van der Waals surface area (Å²) in [6.07, 6.45) is -0.481. The van der Waals surface area contributed by atoms with Crippen molar-refractivity contribution in [2.45, 2.75) is 26.2 Å². The van der Waals surface area contributed by atoms with Crippen molar-refractivity contribution < 1.29 is 9.84 Å². The molecule has 0 amide bonds. The zero-order chi connectivity index (χ0) is 16.4. The second kappa shape index (κ2) is 6.79. The molecule has 3 rings (SSSR count). The Balaban J connectivity index is 1.89. The average Bonchev–Trinajstić information content (AvgIpc) is 2.84. The summed E-state index contributed by atoms with van der Waals surface area (Å²) in [6.45, 7) is 2.45. The molecule has 2 aromatic carbocycles. The van der Waals surface area contributed by atoms with Crippen LogP contribution in [0.25, 0.3) is 11.0 Å². The predicted molar refractivity (Wildman–Crippen MR) is 92.2 cm³/mol. The molecule has 0 aliphatic rings. The SMILES string of the molecule is CC(O)Cn1c(COc2ccc(Cl)cc2Cl)nc2ccccc21. The third kappa shape index (κ3) is 3.61. The molecule has 120 valence electrons. The molecular formula is C17H16Cl2N2O2. The lowest BCUT2D eigenvalue weighted by Crippen LogP contribution is -2.15. The van der Waals surface area contributed by atoms with Gasteiger partial charge in [-0.1, -0.05) is 35.3 Å². The van der Waals surface area contributed by atoms with E-state index in [0.717, 1.165) is 16.9 Å². The van der Waals surface area contributed by atoms with Gasteiger partial charge in [0.15, 0.2) is 0 Å². The number of ether oxygens (including phenoxy) is 1. The molecule has 0 spiro atoms. The van der Waals surface area contributed by atoms with Crippen molar-refractivity contribution >= 4 is 34.2 Å². The highest BCUT2D eigenvalue weighted by Crippen LogP contribution is 2.28. The topological polar surface area (TPSA) is 47.3 Å². The number of benzene rings is 2. The summed E-state index contributed by atoms with van der Waals surface area (Å²) in [5.41, 5.74) is 1.84. The minimum Gasteiger partial charge on any atom is -0.484 e. The highest BCUT2D eigenvalue weighted by molar-refractivity contribution is 6.35. The minimum atomic E-state index is -0.481. The van der Waals surface area contributed by atoms with Gasteiger partial charge in [0.1, 0.15) is 18.2 Å². The monoisotopic (exact) mass is 350 g/mol. The number of para-hydroxylation sites is 2. The third-order valence-electron chi connectivity index (χ3n) is 3.43. The van der Waals surface area contributed by atoms with Crippen LogP contribution in [0.3, 0.4) is 0 Å². The first kappa shape index (κ1) is 16.1. The Morgan fingerprint density at radius 3 is 2.74 bits per heavy atom. The van der Waals surface area contributed by atoms with E-state index in [-0.39, 0.29) is 6.61 Å². The fraction of sp³-hybridized carbons (Fsp3) is 0.235. The van der Waals surface area contributed by atoms with E-state index in [2.05, 4.69) is 4.98 Å². The number of halogens is 2. The fourth-order valence-electron chi connectivity index (χ4n) is 2.44. The molecular weight excluding hydrogens is 335 g/mol. The van der Waals surface area contributed by atoms with Gasteiger partial charge < -0.3 is 14.4 Å².